The lowest BCUT2D eigenvalue weighted by Gasteiger charge is -2.34. The molecular formula is C39H27N. The molecule has 0 saturated carbocycles. The van der Waals surface area contributed by atoms with Crippen molar-refractivity contribution in [2.45, 2.75) is 18.8 Å². The first-order chi connectivity index (χ1) is 19.8. The Kier molecular flexibility index (Phi) is 4.57. The summed E-state index contributed by atoms with van der Waals surface area (Å²) >= 11 is 0. The summed E-state index contributed by atoms with van der Waals surface area (Å²) in [6.45, 7) is 0. The molecule has 1 nitrogen and oxygen atoms in total. The van der Waals surface area contributed by atoms with E-state index in [1.54, 1.807) is 5.56 Å². The fraction of sp³-hybridized carbons (Fsp3) is 0.0769. The Morgan fingerprint density at radius 2 is 1.10 bits per heavy atom. The van der Waals surface area contributed by atoms with E-state index in [-0.39, 0.29) is 0 Å². The van der Waals surface area contributed by atoms with E-state index in [1.165, 1.54) is 72.0 Å². The van der Waals surface area contributed by atoms with Crippen molar-refractivity contribution in [3.63, 3.8) is 0 Å². The highest BCUT2D eigenvalue weighted by atomic mass is 15.0. The molecule has 1 heterocycles. The third-order valence-electron chi connectivity index (χ3n) is 9.17. The van der Waals surface area contributed by atoms with E-state index >= 15 is 0 Å². The molecule has 2 aliphatic rings. The first-order valence-corrected chi connectivity index (χ1v) is 14.3. The minimum atomic E-state index is 0.555. The minimum Gasteiger partial charge on any atom is -0.309 e. The van der Waals surface area contributed by atoms with Gasteiger partial charge in [0.2, 0.25) is 0 Å². The first-order valence-electron chi connectivity index (χ1n) is 14.3. The summed E-state index contributed by atoms with van der Waals surface area (Å²) < 4.78 is 2.38. The number of fused-ring (bicyclic) bond motifs is 7. The lowest BCUT2D eigenvalue weighted by atomic mass is 9.69. The van der Waals surface area contributed by atoms with Gasteiger partial charge in [-0.1, -0.05) is 97.1 Å². The van der Waals surface area contributed by atoms with E-state index in [2.05, 4.69) is 138 Å². The molecule has 188 valence electrons. The van der Waals surface area contributed by atoms with Gasteiger partial charge in [-0.25, -0.2) is 0 Å². The summed E-state index contributed by atoms with van der Waals surface area (Å²) in [5.74, 6) is 0.555. The average Bonchev–Trinajstić information content (AvgIpc) is 3.35. The molecule has 0 N–H and O–H groups in total. The Bertz CT molecular complexity index is 2110. The van der Waals surface area contributed by atoms with Crippen LogP contribution < -0.4 is 0 Å². The molecule has 6 aromatic carbocycles. The van der Waals surface area contributed by atoms with E-state index in [0.717, 1.165) is 12.8 Å². The van der Waals surface area contributed by atoms with Gasteiger partial charge in [0.15, 0.2) is 0 Å². The number of hydrogen-bond acceptors (Lipinski definition) is 0. The fourth-order valence-corrected chi connectivity index (χ4v) is 7.44. The molecule has 9 rings (SSSR count). The van der Waals surface area contributed by atoms with Crippen molar-refractivity contribution in [1.82, 2.24) is 4.57 Å². The smallest absolute Gasteiger partial charge is 0.0541 e. The van der Waals surface area contributed by atoms with Gasteiger partial charge >= 0.3 is 0 Å². The van der Waals surface area contributed by atoms with Gasteiger partial charge in [0, 0.05) is 16.5 Å². The van der Waals surface area contributed by atoms with Gasteiger partial charge in [-0.05, 0) is 105 Å². The van der Waals surface area contributed by atoms with Gasteiger partial charge in [0.1, 0.15) is 0 Å². The zero-order valence-electron chi connectivity index (χ0n) is 22.1. The Hall–Kier alpha value is -4.88. The summed E-state index contributed by atoms with van der Waals surface area (Å²) in [5.41, 5.74) is 16.4. The Morgan fingerprint density at radius 3 is 2.00 bits per heavy atom. The second-order valence-electron chi connectivity index (χ2n) is 11.3. The van der Waals surface area contributed by atoms with Crippen molar-refractivity contribution >= 4 is 21.8 Å². The van der Waals surface area contributed by atoms with Crippen LogP contribution in [0, 0.1) is 0 Å². The number of benzene rings is 6. The van der Waals surface area contributed by atoms with Gasteiger partial charge in [-0.3, -0.25) is 0 Å². The molecule has 40 heavy (non-hydrogen) atoms. The standard InChI is InChI=1S/C39H27N/c1-2-10-30(11-3-1)40-37-16-7-6-13-32(37)36-24-26(19-20-38(36)40)25-17-18-28-22-29-21-27-9-4-5-12-31(27)33-14-8-15-34(39(29)33)35(28)23-25/h1-20,23-24,29H,21-22H2. The maximum absolute atomic E-state index is 2.44. The lowest BCUT2D eigenvalue weighted by molar-refractivity contribution is 0.666. The second kappa shape index (κ2) is 8.31. The normalized spacial score (nSPS) is 15.1. The third kappa shape index (κ3) is 3.09. The quantitative estimate of drug-likeness (QED) is 0.218. The predicted molar refractivity (Wildman–Crippen MR) is 167 cm³/mol. The van der Waals surface area contributed by atoms with Gasteiger partial charge in [0.25, 0.3) is 0 Å². The van der Waals surface area contributed by atoms with Crippen LogP contribution in [0.2, 0.25) is 0 Å². The van der Waals surface area contributed by atoms with Crippen molar-refractivity contribution in [2.24, 2.45) is 0 Å². The summed E-state index contributed by atoms with van der Waals surface area (Å²) in [6.07, 6.45) is 2.24. The minimum absolute atomic E-state index is 0.555. The van der Waals surface area contributed by atoms with E-state index < -0.39 is 0 Å². The molecule has 7 aromatic rings. The van der Waals surface area contributed by atoms with Crippen LogP contribution in [-0.2, 0) is 12.8 Å². The highest BCUT2D eigenvalue weighted by Gasteiger charge is 2.31. The predicted octanol–water partition coefficient (Wildman–Crippen LogP) is 9.98. The number of para-hydroxylation sites is 2. The van der Waals surface area contributed by atoms with Crippen LogP contribution in [0.4, 0.5) is 0 Å². The third-order valence-corrected chi connectivity index (χ3v) is 9.17. The van der Waals surface area contributed by atoms with E-state index in [4.69, 9.17) is 0 Å². The molecule has 1 atom stereocenters. The maximum atomic E-state index is 2.44. The van der Waals surface area contributed by atoms with Crippen LogP contribution in [0.1, 0.15) is 22.6 Å². The van der Waals surface area contributed by atoms with Gasteiger partial charge in [0.05, 0.1) is 11.0 Å². The van der Waals surface area contributed by atoms with E-state index in [1.807, 2.05) is 0 Å². The Morgan fingerprint density at radius 1 is 0.450 bits per heavy atom. The number of aromatic nitrogens is 1. The van der Waals surface area contributed by atoms with Gasteiger partial charge < -0.3 is 4.57 Å². The van der Waals surface area contributed by atoms with Crippen molar-refractivity contribution in [3.05, 3.63) is 150 Å². The largest absolute Gasteiger partial charge is 0.309 e. The zero-order chi connectivity index (χ0) is 26.2. The number of nitrogens with zero attached hydrogens (tertiary/aromatic N) is 1. The van der Waals surface area contributed by atoms with Crippen molar-refractivity contribution in [3.8, 4) is 39.1 Å². The van der Waals surface area contributed by atoms with Crippen molar-refractivity contribution in [2.75, 3.05) is 0 Å². The number of rotatable bonds is 2. The molecular weight excluding hydrogens is 482 g/mol. The van der Waals surface area contributed by atoms with Crippen molar-refractivity contribution in [1.29, 1.82) is 0 Å². The van der Waals surface area contributed by atoms with Crippen LogP contribution in [0.5, 0.6) is 0 Å². The average molecular weight is 510 g/mol. The molecule has 0 amide bonds. The molecule has 0 bridgehead atoms. The molecule has 0 radical (unpaired) electrons. The van der Waals surface area contributed by atoms with Gasteiger partial charge in [-0.15, -0.1) is 0 Å². The maximum Gasteiger partial charge on any atom is 0.0541 e. The molecule has 0 fully saturated rings. The zero-order valence-corrected chi connectivity index (χ0v) is 22.1. The summed E-state index contributed by atoms with van der Waals surface area (Å²) in [6, 6.07) is 49.5. The molecule has 0 saturated heterocycles. The van der Waals surface area contributed by atoms with Crippen LogP contribution in [0.3, 0.4) is 0 Å². The fourth-order valence-electron chi connectivity index (χ4n) is 7.44. The highest BCUT2D eigenvalue weighted by molar-refractivity contribution is 6.10. The van der Waals surface area contributed by atoms with Crippen molar-refractivity contribution < 1.29 is 0 Å². The SMILES string of the molecule is c1ccc(-n2c3ccccc3c3cc(-c4ccc5c(c4)-c4cccc6c4C(Cc4ccccc4-6)C5)ccc32)cc1. The topological polar surface area (TPSA) is 4.93 Å². The molecule has 0 spiro atoms. The van der Waals surface area contributed by atoms with Gasteiger partial charge in [-0.2, -0.15) is 0 Å². The van der Waals surface area contributed by atoms with Crippen LogP contribution in [0.25, 0.3) is 60.9 Å². The molecule has 0 aliphatic heterocycles. The van der Waals surface area contributed by atoms with Crippen LogP contribution in [-0.4, -0.2) is 4.57 Å². The first kappa shape index (κ1) is 22.0. The molecule has 1 unspecified atom stereocenters. The Balaban J connectivity index is 1.22. The van der Waals surface area contributed by atoms with Crippen LogP contribution in [0.15, 0.2) is 133 Å². The van der Waals surface area contributed by atoms with E-state index in [9.17, 15) is 0 Å². The summed E-state index contributed by atoms with van der Waals surface area (Å²) in [7, 11) is 0. The second-order valence-corrected chi connectivity index (χ2v) is 11.3. The molecule has 1 heteroatoms. The van der Waals surface area contributed by atoms with E-state index in [0.29, 0.717) is 5.92 Å². The molecule has 2 aliphatic carbocycles. The number of hydrogen-bond donors (Lipinski definition) is 0. The highest BCUT2D eigenvalue weighted by Crippen LogP contribution is 2.50. The van der Waals surface area contributed by atoms with Crippen LogP contribution >= 0.6 is 0 Å². The lowest BCUT2D eigenvalue weighted by Crippen LogP contribution is -2.18. The summed E-state index contributed by atoms with van der Waals surface area (Å²) in [4.78, 5) is 0. The summed E-state index contributed by atoms with van der Waals surface area (Å²) in [5, 5.41) is 2.59. The Labute approximate surface area is 234 Å². The molecule has 1 aromatic heterocycles. The monoisotopic (exact) mass is 509 g/mol.